The van der Waals surface area contributed by atoms with E-state index in [1.54, 1.807) is 24.7 Å². The van der Waals surface area contributed by atoms with Crippen LogP contribution in [0.1, 0.15) is 5.56 Å². The van der Waals surface area contributed by atoms with E-state index < -0.39 is 0 Å². The van der Waals surface area contributed by atoms with E-state index in [9.17, 15) is 0 Å². The summed E-state index contributed by atoms with van der Waals surface area (Å²) in [5.41, 5.74) is 1.10. The van der Waals surface area contributed by atoms with Crippen LogP contribution < -0.4 is 10.1 Å². The molecule has 0 aliphatic rings. The minimum Gasteiger partial charge on any atom is -0.437 e. The topological polar surface area (TPSA) is 47.0 Å². The number of halogens is 1. The first-order chi connectivity index (χ1) is 8.28. The Labute approximate surface area is 105 Å². The molecule has 2 rings (SSSR count). The molecule has 0 amide bonds. The molecular weight excluding hydrogens is 238 g/mol. The fourth-order valence-corrected chi connectivity index (χ4v) is 1.51. The maximum atomic E-state index is 5.81. The van der Waals surface area contributed by atoms with E-state index in [0.717, 1.165) is 12.1 Å². The third-order valence-corrected chi connectivity index (χ3v) is 2.29. The molecule has 17 heavy (non-hydrogen) atoms. The molecule has 5 heteroatoms. The number of hydrogen-bond donors (Lipinski definition) is 1. The highest BCUT2D eigenvalue weighted by molar-refractivity contribution is 6.30. The standard InChI is InChI=1S/C12H12ClN3O/c1-14-5-9-2-3-12(16-6-9)17-11-4-10(13)7-15-8-11/h2-4,6-8,14H,5H2,1H3. The highest BCUT2D eigenvalue weighted by atomic mass is 35.5. The van der Waals surface area contributed by atoms with E-state index in [4.69, 9.17) is 16.3 Å². The second kappa shape index (κ2) is 5.61. The fraction of sp³-hybridized carbons (Fsp3) is 0.167. The van der Waals surface area contributed by atoms with Crippen LogP contribution in [0.4, 0.5) is 0 Å². The highest BCUT2D eigenvalue weighted by Gasteiger charge is 2.00. The van der Waals surface area contributed by atoms with Crippen molar-refractivity contribution in [2.45, 2.75) is 6.54 Å². The van der Waals surface area contributed by atoms with Gasteiger partial charge in [-0.25, -0.2) is 4.98 Å². The van der Waals surface area contributed by atoms with E-state index in [-0.39, 0.29) is 0 Å². The van der Waals surface area contributed by atoms with Gasteiger partial charge in [-0.1, -0.05) is 17.7 Å². The summed E-state index contributed by atoms with van der Waals surface area (Å²) in [6.07, 6.45) is 4.91. The number of hydrogen-bond acceptors (Lipinski definition) is 4. The summed E-state index contributed by atoms with van der Waals surface area (Å²) in [5.74, 6) is 1.10. The van der Waals surface area contributed by atoms with Gasteiger partial charge in [-0.15, -0.1) is 0 Å². The van der Waals surface area contributed by atoms with Crippen molar-refractivity contribution >= 4 is 11.6 Å². The molecule has 0 aliphatic carbocycles. The van der Waals surface area contributed by atoms with Gasteiger partial charge in [0.1, 0.15) is 5.75 Å². The maximum absolute atomic E-state index is 5.81. The molecule has 2 heterocycles. The lowest BCUT2D eigenvalue weighted by molar-refractivity contribution is 0.460. The molecule has 88 valence electrons. The van der Waals surface area contributed by atoms with Gasteiger partial charge < -0.3 is 10.1 Å². The second-order valence-electron chi connectivity index (χ2n) is 3.48. The van der Waals surface area contributed by atoms with E-state index in [1.807, 2.05) is 19.2 Å². The van der Waals surface area contributed by atoms with Gasteiger partial charge in [-0.2, -0.15) is 0 Å². The van der Waals surface area contributed by atoms with Crippen LogP contribution in [-0.2, 0) is 6.54 Å². The first-order valence-corrected chi connectivity index (χ1v) is 5.53. The molecule has 0 atom stereocenters. The Hall–Kier alpha value is -1.65. The average Bonchev–Trinajstić information content (AvgIpc) is 2.32. The Morgan fingerprint density at radius 2 is 2.18 bits per heavy atom. The third-order valence-electron chi connectivity index (χ3n) is 2.08. The van der Waals surface area contributed by atoms with Crippen molar-refractivity contribution in [2.75, 3.05) is 7.05 Å². The molecule has 4 nitrogen and oxygen atoms in total. The average molecular weight is 250 g/mol. The van der Waals surface area contributed by atoms with Crippen molar-refractivity contribution in [3.8, 4) is 11.6 Å². The Kier molecular flexibility index (Phi) is 3.90. The van der Waals surface area contributed by atoms with Gasteiger partial charge in [0.05, 0.1) is 11.2 Å². The third kappa shape index (κ3) is 3.41. The van der Waals surface area contributed by atoms with Crippen molar-refractivity contribution in [1.29, 1.82) is 0 Å². The summed E-state index contributed by atoms with van der Waals surface area (Å²) in [6, 6.07) is 5.46. The summed E-state index contributed by atoms with van der Waals surface area (Å²) in [6.45, 7) is 0.784. The summed E-state index contributed by atoms with van der Waals surface area (Å²) in [7, 11) is 1.89. The van der Waals surface area contributed by atoms with Crippen molar-refractivity contribution in [3.05, 3.63) is 47.4 Å². The van der Waals surface area contributed by atoms with E-state index in [2.05, 4.69) is 15.3 Å². The number of rotatable bonds is 4. The monoisotopic (exact) mass is 249 g/mol. The molecular formula is C12H12ClN3O. The van der Waals surface area contributed by atoms with Crippen LogP contribution in [0.2, 0.25) is 5.02 Å². The fourth-order valence-electron chi connectivity index (χ4n) is 1.35. The number of nitrogens with zero attached hydrogens (tertiary/aromatic N) is 2. The first kappa shape index (κ1) is 11.8. The van der Waals surface area contributed by atoms with Crippen LogP contribution >= 0.6 is 11.6 Å². The number of nitrogens with one attached hydrogen (secondary N) is 1. The van der Waals surface area contributed by atoms with Crippen molar-refractivity contribution < 1.29 is 4.74 Å². The summed E-state index contributed by atoms with van der Waals surface area (Å²) < 4.78 is 5.51. The Morgan fingerprint density at radius 3 is 2.82 bits per heavy atom. The van der Waals surface area contributed by atoms with Crippen LogP contribution in [-0.4, -0.2) is 17.0 Å². The first-order valence-electron chi connectivity index (χ1n) is 5.16. The minimum absolute atomic E-state index is 0.522. The summed E-state index contributed by atoms with van der Waals surface area (Å²) in [4.78, 5) is 8.12. The molecule has 2 aromatic rings. The Morgan fingerprint density at radius 1 is 1.29 bits per heavy atom. The van der Waals surface area contributed by atoms with Gasteiger partial charge in [0, 0.05) is 31.1 Å². The predicted molar refractivity (Wildman–Crippen MR) is 66.3 cm³/mol. The molecule has 0 bridgehead atoms. The molecule has 0 aliphatic heterocycles. The largest absolute Gasteiger partial charge is 0.437 e. The van der Waals surface area contributed by atoms with Crippen molar-refractivity contribution in [3.63, 3.8) is 0 Å². The molecule has 2 aromatic heterocycles. The van der Waals surface area contributed by atoms with Crippen molar-refractivity contribution in [2.24, 2.45) is 0 Å². The van der Waals surface area contributed by atoms with Crippen LogP contribution in [0.3, 0.4) is 0 Å². The molecule has 1 N–H and O–H groups in total. The number of ether oxygens (including phenoxy) is 1. The molecule has 0 saturated carbocycles. The highest BCUT2D eigenvalue weighted by Crippen LogP contribution is 2.21. The van der Waals surface area contributed by atoms with Crippen LogP contribution in [0, 0.1) is 0 Å². The molecule has 0 spiro atoms. The zero-order valence-corrected chi connectivity index (χ0v) is 10.1. The summed E-state index contributed by atoms with van der Waals surface area (Å²) in [5, 5.41) is 3.59. The quantitative estimate of drug-likeness (QED) is 0.905. The molecule has 0 fully saturated rings. The van der Waals surface area contributed by atoms with Gasteiger partial charge in [-0.3, -0.25) is 4.98 Å². The Balaban J connectivity index is 2.08. The van der Waals surface area contributed by atoms with Gasteiger partial charge in [0.25, 0.3) is 0 Å². The predicted octanol–water partition coefficient (Wildman–Crippen LogP) is 2.64. The van der Waals surface area contributed by atoms with Crippen LogP contribution in [0.15, 0.2) is 36.8 Å². The normalized spacial score (nSPS) is 10.2. The lowest BCUT2D eigenvalue weighted by Gasteiger charge is -2.05. The summed E-state index contributed by atoms with van der Waals surface area (Å²) >= 11 is 5.81. The molecule has 0 radical (unpaired) electrons. The zero-order chi connectivity index (χ0) is 12.1. The van der Waals surface area contributed by atoms with E-state index in [0.29, 0.717) is 16.7 Å². The smallest absolute Gasteiger partial charge is 0.219 e. The van der Waals surface area contributed by atoms with Crippen molar-refractivity contribution in [1.82, 2.24) is 15.3 Å². The van der Waals surface area contributed by atoms with Gasteiger partial charge in [0.2, 0.25) is 5.88 Å². The molecule has 0 unspecified atom stereocenters. The van der Waals surface area contributed by atoms with E-state index in [1.165, 1.54) is 0 Å². The molecule has 0 aromatic carbocycles. The Bertz CT molecular complexity index is 487. The number of aromatic nitrogens is 2. The number of pyridine rings is 2. The van der Waals surface area contributed by atoms with Gasteiger partial charge >= 0.3 is 0 Å². The molecule has 0 saturated heterocycles. The zero-order valence-electron chi connectivity index (χ0n) is 9.35. The van der Waals surface area contributed by atoms with Gasteiger partial charge in [0.15, 0.2) is 0 Å². The van der Waals surface area contributed by atoms with Crippen LogP contribution in [0.25, 0.3) is 0 Å². The SMILES string of the molecule is CNCc1ccc(Oc2cncc(Cl)c2)nc1. The second-order valence-corrected chi connectivity index (χ2v) is 3.91. The van der Waals surface area contributed by atoms with Crippen LogP contribution in [0.5, 0.6) is 11.6 Å². The maximum Gasteiger partial charge on any atom is 0.219 e. The lowest BCUT2D eigenvalue weighted by atomic mass is 10.3. The minimum atomic E-state index is 0.522. The van der Waals surface area contributed by atoms with E-state index >= 15 is 0 Å². The lowest BCUT2D eigenvalue weighted by Crippen LogP contribution is -2.05. The van der Waals surface area contributed by atoms with Gasteiger partial charge in [-0.05, 0) is 12.6 Å².